The summed E-state index contributed by atoms with van der Waals surface area (Å²) in [6.45, 7) is 4.02. The fourth-order valence-corrected chi connectivity index (χ4v) is 2.44. The molecule has 0 N–H and O–H groups in total. The van der Waals surface area contributed by atoms with Gasteiger partial charge in [0.05, 0.1) is 11.5 Å². The average Bonchev–Trinajstić information content (AvgIpc) is 2.82. The number of hydrogen-bond donors (Lipinski definition) is 0. The molecular weight excluding hydrogens is 318 g/mol. The minimum Gasteiger partial charge on any atom is -0.491 e. The van der Waals surface area contributed by atoms with E-state index in [-0.39, 0.29) is 6.10 Å². The standard InChI is InChI=1S/C16H14BrNO2/c1-10(2)19-13-6-3-11(4-7-13)16-14-9-12(17)5-8-15(14)18-20-16/h3-10H,1-2H3. The maximum atomic E-state index is 5.64. The Kier molecular flexibility index (Phi) is 3.49. The molecular formula is C16H14BrNO2. The van der Waals surface area contributed by atoms with Crippen molar-refractivity contribution in [2.24, 2.45) is 0 Å². The summed E-state index contributed by atoms with van der Waals surface area (Å²) in [4.78, 5) is 0. The maximum absolute atomic E-state index is 5.64. The van der Waals surface area contributed by atoms with Gasteiger partial charge in [-0.2, -0.15) is 0 Å². The largest absolute Gasteiger partial charge is 0.491 e. The number of benzene rings is 2. The molecule has 1 heterocycles. The molecule has 0 aliphatic carbocycles. The van der Waals surface area contributed by atoms with E-state index in [1.54, 1.807) is 0 Å². The second-order valence-electron chi connectivity index (χ2n) is 4.86. The molecule has 0 aliphatic heterocycles. The van der Waals surface area contributed by atoms with Crippen LogP contribution in [0.5, 0.6) is 5.75 Å². The molecule has 4 heteroatoms. The molecule has 0 saturated carbocycles. The molecule has 0 bridgehead atoms. The van der Waals surface area contributed by atoms with E-state index in [9.17, 15) is 0 Å². The van der Waals surface area contributed by atoms with Gasteiger partial charge in [-0.3, -0.25) is 0 Å². The summed E-state index contributed by atoms with van der Waals surface area (Å²) in [6.07, 6.45) is 0.169. The Morgan fingerprint density at radius 3 is 2.55 bits per heavy atom. The minimum atomic E-state index is 0.169. The quantitative estimate of drug-likeness (QED) is 0.674. The third-order valence-electron chi connectivity index (χ3n) is 2.93. The molecule has 102 valence electrons. The van der Waals surface area contributed by atoms with Gasteiger partial charge < -0.3 is 9.26 Å². The van der Waals surface area contributed by atoms with Gasteiger partial charge in [0.15, 0.2) is 5.76 Å². The summed E-state index contributed by atoms with van der Waals surface area (Å²) in [7, 11) is 0. The highest BCUT2D eigenvalue weighted by Crippen LogP contribution is 2.31. The predicted molar refractivity (Wildman–Crippen MR) is 82.9 cm³/mol. The van der Waals surface area contributed by atoms with Crippen LogP contribution in [0, 0.1) is 0 Å². The zero-order valence-electron chi connectivity index (χ0n) is 11.3. The first-order chi connectivity index (χ1) is 9.63. The third kappa shape index (κ3) is 2.56. The zero-order valence-corrected chi connectivity index (χ0v) is 12.8. The van der Waals surface area contributed by atoms with E-state index in [4.69, 9.17) is 9.26 Å². The number of fused-ring (bicyclic) bond motifs is 1. The summed E-state index contributed by atoms with van der Waals surface area (Å²) < 4.78 is 12.1. The summed E-state index contributed by atoms with van der Waals surface area (Å²) in [6, 6.07) is 13.8. The number of aromatic nitrogens is 1. The van der Waals surface area contributed by atoms with Gasteiger partial charge >= 0.3 is 0 Å². The molecule has 0 fully saturated rings. The molecule has 1 aromatic heterocycles. The van der Waals surface area contributed by atoms with Crippen LogP contribution in [-0.4, -0.2) is 11.3 Å². The monoisotopic (exact) mass is 331 g/mol. The van der Waals surface area contributed by atoms with Crippen molar-refractivity contribution in [1.82, 2.24) is 5.16 Å². The van der Waals surface area contributed by atoms with Crippen molar-refractivity contribution < 1.29 is 9.26 Å². The van der Waals surface area contributed by atoms with Crippen LogP contribution in [0.15, 0.2) is 51.5 Å². The average molecular weight is 332 g/mol. The lowest BCUT2D eigenvalue weighted by atomic mass is 10.1. The summed E-state index contributed by atoms with van der Waals surface area (Å²) >= 11 is 3.47. The van der Waals surface area contributed by atoms with Crippen molar-refractivity contribution in [1.29, 1.82) is 0 Å². The minimum absolute atomic E-state index is 0.169. The first kappa shape index (κ1) is 13.2. The predicted octanol–water partition coefficient (Wildman–Crippen LogP) is 5.04. The number of nitrogens with zero attached hydrogens (tertiary/aromatic N) is 1. The highest BCUT2D eigenvalue weighted by atomic mass is 79.9. The van der Waals surface area contributed by atoms with Gasteiger partial charge in [0.25, 0.3) is 0 Å². The van der Waals surface area contributed by atoms with Crippen LogP contribution < -0.4 is 4.74 Å². The van der Waals surface area contributed by atoms with Crippen LogP contribution in [0.25, 0.3) is 22.2 Å². The van der Waals surface area contributed by atoms with Gasteiger partial charge in [-0.1, -0.05) is 21.1 Å². The van der Waals surface area contributed by atoms with Gasteiger partial charge in [-0.25, -0.2) is 0 Å². The highest BCUT2D eigenvalue weighted by Gasteiger charge is 2.11. The molecule has 3 nitrogen and oxygen atoms in total. The van der Waals surface area contributed by atoms with Crippen molar-refractivity contribution >= 4 is 26.8 Å². The molecule has 3 aromatic rings. The normalized spacial score (nSPS) is 11.2. The summed E-state index contributed by atoms with van der Waals surface area (Å²) in [5.41, 5.74) is 1.84. The topological polar surface area (TPSA) is 35.3 Å². The van der Waals surface area contributed by atoms with Gasteiger partial charge in [0.1, 0.15) is 11.3 Å². The van der Waals surface area contributed by atoms with Crippen LogP contribution in [0.2, 0.25) is 0 Å². The smallest absolute Gasteiger partial charge is 0.174 e. The molecule has 0 aliphatic rings. The Morgan fingerprint density at radius 2 is 1.85 bits per heavy atom. The van der Waals surface area contributed by atoms with E-state index in [0.29, 0.717) is 0 Å². The number of rotatable bonds is 3. The van der Waals surface area contributed by atoms with Crippen LogP contribution in [0.1, 0.15) is 13.8 Å². The lowest BCUT2D eigenvalue weighted by molar-refractivity contribution is 0.242. The Bertz CT molecular complexity index is 732. The zero-order chi connectivity index (χ0) is 14.1. The van der Waals surface area contributed by atoms with Gasteiger partial charge in [0, 0.05) is 10.0 Å². The molecule has 20 heavy (non-hydrogen) atoms. The fraction of sp³-hybridized carbons (Fsp3) is 0.188. The number of halogens is 1. The third-order valence-corrected chi connectivity index (χ3v) is 3.42. The van der Waals surface area contributed by atoms with Crippen molar-refractivity contribution in [3.8, 4) is 17.1 Å². The molecule has 0 amide bonds. The summed E-state index contributed by atoms with van der Waals surface area (Å²) in [5, 5.41) is 5.08. The number of ether oxygens (including phenoxy) is 1. The lowest BCUT2D eigenvalue weighted by Gasteiger charge is -2.09. The Labute approximate surface area is 125 Å². The maximum Gasteiger partial charge on any atom is 0.174 e. The summed E-state index contributed by atoms with van der Waals surface area (Å²) in [5.74, 6) is 1.63. The van der Waals surface area contributed by atoms with Gasteiger partial charge in [0.2, 0.25) is 0 Å². The molecule has 3 rings (SSSR count). The lowest BCUT2D eigenvalue weighted by Crippen LogP contribution is -2.05. The van der Waals surface area contributed by atoms with Crippen molar-refractivity contribution in [2.75, 3.05) is 0 Å². The van der Waals surface area contributed by atoms with Crippen LogP contribution in [0.4, 0.5) is 0 Å². The molecule has 0 radical (unpaired) electrons. The van der Waals surface area contributed by atoms with E-state index in [1.165, 1.54) is 0 Å². The Hall–Kier alpha value is -1.81. The van der Waals surface area contributed by atoms with Crippen molar-refractivity contribution in [3.63, 3.8) is 0 Å². The van der Waals surface area contributed by atoms with E-state index in [1.807, 2.05) is 56.3 Å². The Morgan fingerprint density at radius 1 is 1.10 bits per heavy atom. The molecule has 0 unspecified atom stereocenters. The van der Waals surface area contributed by atoms with E-state index in [0.717, 1.165) is 32.4 Å². The van der Waals surface area contributed by atoms with E-state index < -0.39 is 0 Å². The highest BCUT2D eigenvalue weighted by molar-refractivity contribution is 9.10. The number of hydrogen-bond acceptors (Lipinski definition) is 3. The van der Waals surface area contributed by atoms with Crippen molar-refractivity contribution in [3.05, 3.63) is 46.9 Å². The molecule has 0 spiro atoms. The second kappa shape index (κ2) is 5.29. The molecule has 2 aromatic carbocycles. The Balaban J connectivity index is 2.00. The van der Waals surface area contributed by atoms with Gasteiger partial charge in [-0.15, -0.1) is 0 Å². The SMILES string of the molecule is CC(C)Oc1ccc(-c2onc3ccc(Br)cc23)cc1. The van der Waals surface area contributed by atoms with E-state index >= 15 is 0 Å². The van der Waals surface area contributed by atoms with Crippen LogP contribution >= 0.6 is 15.9 Å². The molecule has 0 saturated heterocycles. The molecule has 0 atom stereocenters. The first-order valence-corrected chi connectivity index (χ1v) is 7.25. The van der Waals surface area contributed by atoms with E-state index in [2.05, 4.69) is 21.1 Å². The first-order valence-electron chi connectivity index (χ1n) is 6.45. The van der Waals surface area contributed by atoms with Crippen LogP contribution in [-0.2, 0) is 0 Å². The second-order valence-corrected chi connectivity index (χ2v) is 5.78. The van der Waals surface area contributed by atoms with Gasteiger partial charge in [-0.05, 0) is 56.3 Å². The fourth-order valence-electron chi connectivity index (χ4n) is 2.08. The van der Waals surface area contributed by atoms with Crippen molar-refractivity contribution in [2.45, 2.75) is 20.0 Å². The van der Waals surface area contributed by atoms with Crippen LogP contribution in [0.3, 0.4) is 0 Å².